The van der Waals surface area contributed by atoms with E-state index in [2.05, 4.69) is 12.2 Å². The molecule has 70 valence electrons. The average Bonchev–Trinajstić information content (AvgIpc) is 2.15. The van der Waals surface area contributed by atoms with Gasteiger partial charge in [0.05, 0.1) is 5.25 Å². The second-order valence-electron chi connectivity index (χ2n) is 3.15. The summed E-state index contributed by atoms with van der Waals surface area (Å²) in [5.74, 6) is 1.41. The summed E-state index contributed by atoms with van der Waals surface area (Å²) in [7, 11) is 0. The summed E-state index contributed by atoms with van der Waals surface area (Å²) in [4.78, 5) is 11.4. The van der Waals surface area contributed by atoms with Crippen LogP contribution in [0.1, 0.15) is 32.6 Å². The minimum Gasteiger partial charge on any atom is -0.355 e. The molecule has 2 nitrogen and oxygen atoms in total. The smallest absolute Gasteiger partial charge is 0.233 e. The highest BCUT2D eigenvalue weighted by molar-refractivity contribution is 8.00. The molecule has 1 saturated heterocycles. The molecule has 3 heteroatoms. The molecule has 1 heterocycles. The molecule has 1 atom stereocenters. The minimum absolute atomic E-state index is 0.241. The summed E-state index contributed by atoms with van der Waals surface area (Å²) in [5, 5.41) is 3.18. The maximum Gasteiger partial charge on any atom is 0.233 e. The lowest BCUT2D eigenvalue weighted by Gasteiger charge is -2.20. The van der Waals surface area contributed by atoms with Crippen molar-refractivity contribution >= 4 is 17.7 Å². The third-order valence-electron chi connectivity index (χ3n) is 2.02. The van der Waals surface area contributed by atoms with Gasteiger partial charge < -0.3 is 5.32 Å². The molecular weight excluding hydrogens is 170 g/mol. The maximum atomic E-state index is 11.4. The molecule has 1 unspecified atom stereocenters. The van der Waals surface area contributed by atoms with E-state index < -0.39 is 0 Å². The number of nitrogens with one attached hydrogen (secondary N) is 1. The van der Waals surface area contributed by atoms with Crippen LogP contribution in [0.4, 0.5) is 0 Å². The largest absolute Gasteiger partial charge is 0.355 e. The van der Waals surface area contributed by atoms with Crippen LogP contribution in [0.3, 0.4) is 0 Å². The van der Waals surface area contributed by atoms with Gasteiger partial charge in [0.1, 0.15) is 0 Å². The van der Waals surface area contributed by atoms with Crippen LogP contribution in [-0.4, -0.2) is 23.5 Å². The summed E-state index contributed by atoms with van der Waals surface area (Å²) in [6, 6.07) is 0. The zero-order valence-corrected chi connectivity index (χ0v) is 8.45. The highest BCUT2D eigenvalue weighted by Crippen LogP contribution is 2.24. The highest BCUT2D eigenvalue weighted by atomic mass is 32.2. The van der Waals surface area contributed by atoms with Crippen molar-refractivity contribution in [1.82, 2.24) is 5.32 Å². The van der Waals surface area contributed by atoms with E-state index in [1.54, 1.807) is 0 Å². The van der Waals surface area contributed by atoms with Gasteiger partial charge in [0.15, 0.2) is 0 Å². The van der Waals surface area contributed by atoms with Crippen molar-refractivity contribution in [2.75, 3.05) is 12.3 Å². The van der Waals surface area contributed by atoms with Crippen molar-refractivity contribution < 1.29 is 4.79 Å². The van der Waals surface area contributed by atoms with E-state index in [-0.39, 0.29) is 11.2 Å². The lowest BCUT2D eigenvalue weighted by Crippen LogP contribution is -2.34. The normalized spacial score (nSPS) is 23.6. The first-order chi connectivity index (χ1) is 5.84. The van der Waals surface area contributed by atoms with Crippen LogP contribution >= 0.6 is 11.8 Å². The SMILES string of the molecule is CCCNC(=O)C1CCCCS1. The predicted octanol–water partition coefficient (Wildman–Crippen LogP) is 1.80. The molecule has 1 N–H and O–H groups in total. The Morgan fingerprint density at radius 3 is 3.00 bits per heavy atom. The number of hydrogen-bond acceptors (Lipinski definition) is 2. The fraction of sp³-hybridized carbons (Fsp3) is 0.889. The van der Waals surface area contributed by atoms with Crippen molar-refractivity contribution in [3.05, 3.63) is 0 Å². The number of amides is 1. The molecule has 1 rings (SSSR count). The van der Waals surface area contributed by atoms with E-state index in [4.69, 9.17) is 0 Å². The third-order valence-corrected chi connectivity index (χ3v) is 3.40. The van der Waals surface area contributed by atoms with E-state index >= 15 is 0 Å². The van der Waals surface area contributed by atoms with Gasteiger partial charge in [0.25, 0.3) is 0 Å². The minimum atomic E-state index is 0.241. The van der Waals surface area contributed by atoms with Crippen molar-refractivity contribution in [2.24, 2.45) is 0 Å². The van der Waals surface area contributed by atoms with Gasteiger partial charge in [-0.2, -0.15) is 0 Å². The van der Waals surface area contributed by atoms with Crippen molar-refractivity contribution in [2.45, 2.75) is 37.9 Å². The fourth-order valence-electron chi connectivity index (χ4n) is 1.31. The molecule has 1 amide bonds. The lowest BCUT2D eigenvalue weighted by molar-refractivity contribution is -0.120. The van der Waals surface area contributed by atoms with Gasteiger partial charge in [-0.25, -0.2) is 0 Å². The third kappa shape index (κ3) is 3.05. The second-order valence-corrected chi connectivity index (χ2v) is 4.46. The summed E-state index contributed by atoms with van der Waals surface area (Å²) < 4.78 is 0. The van der Waals surface area contributed by atoms with Gasteiger partial charge in [-0.05, 0) is 25.0 Å². The molecular formula is C9H17NOS. The average molecular weight is 187 g/mol. The first-order valence-electron chi connectivity index (χ1n) is 4.74. The Bertz CT molecular complexity index is 143. The van der Waals surface area contributed by atoms with Gasteiger partial charge in [-0.1, -0.05) is 13.3 Å². The highest BCUT2D eigenvalue weighted by Gasteiger charge is 2.20. The predicted molar refractivity (Wildman–Crippen MR) is 53.4 cm³/mol. The van der Waals surface area contributed by atoms with E-state index in [0.717, 1.165) is 25.1 Å². The molecule has 0 aromatic rings. The van der Waals surface area contributed by atoms with Crippen LogP contribution in [-0.2, 0) is 4.79 Å². The first-order valence-corrected chi connectivity index (χ1v) is 5.78. The van der Waals surface area contributed by atoms with E-state index in [1.807, 2.05) is 11.8 Å². The molecule has 1 fully saturated rings. The van der Waals surface area contributed by atoms with Gasteiger partial charge >= 0.3 is 0 Å². The molecule has 0 bridgehead atoms. The number of carbonyl (C=O) groups is 1. The van der Waals surface area contributed by atoms with Gasteiger partial charge in [0.2, 0.25) is 5.91 Å². The first kappa shape index (κ1) is 9.90. The van der Waals surface area contributed by atoms with Crippen LogP contribution in [0, 0.1) is 0 Å². The molecule has 0 aliphatic carbocycles. The molecule has 1 aliphatic heterocycles. The van der Waals surface area contributed by atoms with Gasteiger partial charge in [0, 0.05) is 6.54 Å². The topological polar surface area (TPSA) is 29.1 Å². The second kappa shape index (κ2) is 5.46. The van der Waals surface area contributed by atoms with Crippen molar-refractivity contribution in [3.8, 4) is 0 Å². The van der Waals surface area contributed by atoms with Crippen LogP contribution in [0.25, 0.3) is 0 Å². The Kier molecular flexibility index (Phi) is 4.51. The zero-order valence-electron chi connectivity index (χ0n) is 7.64. The molecule has 12 heavy (non-hydrogen) atoms. The Balaban J connectivity index is 2.20. The van der Waals surface area contributed by atoms with Crippen LogP contribution in [0.5, 0.6) is 0 Å². The molecule has 0 spiro atoms. The van der Waals surface area contributed by atoms with Gasteiger partial charge in [-0.3, -0.25) is 4.79 Å². The molecule has 0 saturated carbocycles. The Morgan fingerprint density at radius 1 is 1.58 bits per heavy atom. The number of hydrogen-bond donors (Lipinski definition) is 1. The number of rotatable bonds is 3. The summed E-state index contributed by atoms with van der Waals surface area (Å²) in [6.45, 7) is 2.91. The van der Waals surface area contributed by atoms with E-state index in [9.17, 15) is 4.79 Å². The zero-order chi connectivity index (χ0) is 8.81. The van der Waals surface area contributed by atoms with Crippen LogP contribution in [0.2, 0.25) is 0 Å². The molecule has 0 aromatic carbocycles. The number of carbonyl (C=O) groups excluding carboxylic acids is 1. The fourth-order valence-corrected chi connectivity index (χ4v) is 2.53. The molecule has 1 aliphatic rings. The Morgan fingerprint density at radius 2 is 2.42 bits per heavy atom. The lowest BCUT2D eigenvalue weighted by atomic mass is 10.2. The summed E-state index contributed by atoms with van der Waals surface area (Å²) in [6.07, 6.45) is 4.60. The molecule has 0 radical (unpaired) electrons. The van der Waals surface area contributed by atoms with Crippen molar-refractivity contribution in [1.29, 1.82) is 0 Å². The van der Waals surface area contributed by atoms with Crippen molar-refractivity contribution in [3.63, 3.8) is 0 Å². The molecule has 0 aromatic heterocycles. The summed E-state index contributed by atoms with van der Waals surface area (Å²) in [5.41, 5.74) is 0. The Labute approximate surface area is 78.5 Å². The maximum absolute atomic E-state index is 11.4. The van der Waals surface area contributed by atoms with Crippen LogP contribution in [0.15, 0.2) is 0 Å². The van der Waals surface area contributed by atoms with E-state index in [1.165, 1.54) is 12.8 Å². The quantitative estimate of drug-likeness (QED) is 0.730. The number of thioether (sulfide) groups is 1. The van der Waals surface area contributed by atoms with Crippen LogP contribution < -0.4 is 5.32 Å². The standard InChI is InChI=1S/C9H17NOS/c1-2-6-10-9(11)8-5-3-4-7-12-8/h8H,2-7H2,1H3,(H,10,11). The monoisotopic (exact) mass is 187 g/mol. The van der Waals surface area contributed by atoms with E-state index in [0.29, 0.717) is 0 Å². The summed E-state index contributed by atoms with van der Waals surface area (Å²) >= 11 is 1.81. The Hall–Kier alpha value is -0.180. The van der Waals surface area contributed by atoms with Gasteiger partial charge in [-0.15, -0.1) is 11.8 Å².